The first-order chi connectivity index (χ1) is 9.61. The van der Waals surface area contributed by atoms with Crippen molar-refractivity contribution in [1.82, 2.24) is 5.16 Å². The smallest absolute Gasteiger partial charge is 0.374 e. The van der Waals surface area contributed by atoms with Crippen LogP contribution in [-0.4, -0.2) is 29.3 Å². The van der Waals surface area contributed by atoms with Crippen molar-refractivity contribution in [3.8, 4) is 22.8 Å². The Morgan fingerprint density at radius 1 is 1.35 bits per heavy atom. The molecule has 0 amide bonds. The standard InChI is InChI=1S/C12H6BrNO6/c13-7-1-5(8-2-9(12(16)17)20-14-8)10-11(6(7)3-15)19-4-18-10/h1-3H,4H2,(H,16,17). The third kappa shape index (κ3) is 1.85. The third-order valence-electron chi connectivity index (χ3n) is 2.75. The molecule has 0 fully saturated rings. The monoisotopic (exact) mass is 339 g/mol. The molecule has 7 nitrogen and oxygen atoms in total. The molecule has 0 radical (unpaired) electrons. The largest absolute Gasteiger partial charge is 0.475 e. The van der Waals surface area contributed by atoms with Crippen LogP contribution in [0, 0.1) is 0 Å². The molecule has 20 heavy (non-hydrogen) atoms. The average Bonchev–Trinajstić information content (AvgIpc) is 3.06. The van der Waals surface area contributed by atoms with Crippen molar-refractivity contribution in [2.75, 3.05) is 6.79 Å². The van der Waals surface area contributed by atoms with E-state index in [0.717, 1.165) is 0 Å². The Morgan fingerprint density at radius 2 is 2.10 bits per heavy atom. The highest BCUT2D eigenvalue weighted by molar-refractivity contribution is 9.10. The van der Waals surface area contributed by atoms with Gasteiger partial charge in [0.25, 0.3) is 0 Å². The number of rotatable bonds is 3. The molecule has 0 atom stereocenters. The SMILES string of the molecule is O=Cc1c(Br)cc(-c2cc(C(=O)O)on2)c2c1OCO2. The Labute approximate surface area is 120 Å². The fourth-order valence-corrected chi connectivity index (χ4v) is 2.36. The molecule has 0 spiro atoms. The number of carboxylic acid groups (broad SMARTS) is 1. The van der Waals surface area contributed by atoms with Gasteiger partial charge >= 0.3 is 5.97 Å². The van der Waals surface area contributed by atoms with E-state index in [9.17, 15) is 9.59 Å². The van der Waals surface area contributed by atoms with E-state index in [1.54, 1.807) is 6.07 Å². The van der Waals surface area contributed by atoms with Crippen molar-refractivity contribution in [1.29, 1.82) is 0 Å². The highest BCUT2D eigenvalue weighted by atomic mass is 79.9. The number of fused-ring (bicyclic) bond motifs is 1. The number of halogens is 1. The van der Waals surface area contributed by atoms with E-state index in [1.807, 2.05) is 0 Å². The zero-order valence-corrected chi connectivity index (χ0v) is 11.3. The van der Waals surface area contributed by atoms with Crippen molar-refractivity contribution < 1.29 is 28.7 Å². The Morgan fingerprint density at radius 3 is 2.75 bits per heavy atom. The van der Waals surface area contributed by atoms with Crippen LogP contribution < -0.4 is 9.47 Å². The molecule has 0 bridgehead atoms. The fraction of sp³-hybridized carbons (Fsp3) is 0.0833. The molecule has 0 saturated heterocycles. The van der Waals surface area contributed by atoms with Gasteiger partial charge in [-0.15, -0.1) is 0 Å². The van der Waals surface area contributed by atoms with E-state index in [-0.39, 0.29) is 18.2 Å². The number of ether oxygens (including phenoxy) is 2. The summed E-state index contributed by atoms with van der Waals surface area (Å²) in [4.78, 5) is 21.9. The van der Waals surface area contributed by atoms with Crippen LogP contribution in [-0.2, 0) is 0 Å². The molecule has 1 aliphatic heterocycles. The number of aldehydes is 1. The minimum absolute atomic E-state index is 0.0245. The van der Waals surface area contributed by atoms with Gasteiger partial charge in [0.05, 0.1) is 11.1 Å². The van der Waals surface area contributed by atoms with Crippen molar-refractivity contribution in [2.45, 2.75) is 0 Å². The van der Waals surface area contributed by atoms with Gasteiger partial charge in [0.1, 0.15) is 5.69 Å². The van der Waals surface area contributed by atoms with Crippen LogP contribution in [0.2, 0.25) is 0 Å². The number of carbonyl (C=O) groups is 2. The molecular formula is C12H6BrNO6. The lowest BCUT2D eigenvalue weighted by Gasteiger charge is -2.06. The Kier molecular flexibility index (Phi) is 2.94. The molecule has 3 rings (SSSR count). The number of nitrogens with zero attached hydrogens (tertiary/aromatic N) is 1. The summed E-state index contributed by atoms with van der Waals surface area (Å²) in [6.07, 6.45) is 0.646. The van der Waals surface area contributed by atoms with E-state index >= 15 is 0 Å². The number of hydrogen-bond donors (Lipinski definition) is 1. The molecule has 2 heterocycles. The number of carboxylic acids is 1. The second-order valence-electron chi connectivity index (χ2n) is 3.88. The molecule has 1 aromatic carbocycles. The zero-order valence-electron chi connectivity index (χ0n) is 9.75. The highest BCUT2D eigenvalue weighted by Gasteiger charge is 2.27. The lowest BCUT2D eigenvalue weighted by Crippen LogP contribution is -1.94. The van der Waals surface area contributed by atoms with Crippen molar-refractivity contribution in [3.05, 3.63) is 27.9 Å². The Balaban J connectivity index is 2.19. The van der Waals surface area contributed by atoms with Crippen LogP contribution in [0.1, 0.15) is 20.9 Å². The molecule has 2 aromatic rings. The number of hydrogen-bond acceptors (Lipinski definition) is 6. The van der Waals surface area contributed by atoms with Crippen LogP contribution in [0.4, 0.5) is 0 Å². The lowest BCUT2D eigenvalue weighted by molar-refractivity contribution is 0.0652. The van der Waals surface area contributed by atoms with Crippen molar-refractivity contribution in [2.24, 2.45) is 0 Å². The molecule has 1 N–H and O–H groups in total. The summed E-state index contributed by atoms with van der Waals surface area (Å²) in [5.74, 6) is -0.880. The topological polar surface area (TPSA) is 98.9 Å². The first-order valence-corrected chi connectivity index (χ1v) is 6.18. The average molecular weight is 340 g/mol. The van der Waals surface area contributed by atoms with Crippen molar-refractivity contribution >= 4 is 28.2 Å². The second-order valence-corrected chi connectivity index (χ2v) is 4.74. The fourth-order valence-electron chi connectivity index (χ4n) is 1.86. The predicted octanol–water partition coefficient (Wildman–Crippen LogP) is 2.34. The third-order valence-corrected chi connectivity index (χ3v) is 3.40. The number of aromatic carboxylic acids is 1. The van der Waals surface area contributed by atoms with Gasteiger partial charge in [0.2, 0.25) is 12.6 Å². The van der Waals surface area contributed by atoms with Crippen molar-refractivity contribution in [3.63, 3.8) is 0 Å². The summed E-state index contributed by atoms with van der Waals surface area (Å²) in [5.41, 5.74) is 1.08. The van der Waals surface area contributed by atoms with Gasteiger partial charge in [-0.2, -0.15) is 0 Å². The maximum absolute atomic E-state index is 11.1. The van der Waals surface area contributed by atoms with Gasteiger partial charge in [-0.3, -0.25) is 4.79 Å². The van der Waals surface area contributed by atoms with E-state index < -0.39 is 5.97 Å². The number of benzene rings is 1. The van der Waals surface area contributed by atoms with E-state index in [0.29, 0.717) is 33.4 Å². The summed E-state index contributed by atoms with van der Waals surface area (Å²) < 4.78 is 15.8. The van der Waals surface area contributed by atoms with Gasteiger partial charge in [-0.25, -0.2) is 4.79 Å². The molecule has 102 valence electrons. The maximum Gasteiger partial charge on any atom is 0.374 e. The minimum Gasteiger partial charge on any atom is -0.475 e. The summed E-state index contributed by atoms with van der Waals surface area (Å²) in [5, 5.41) is 12.5. The zero-order chi connectivity index (χ0) is 14.3. The van der Waals surface area contributed by atoms with Crippen LogP contribution >= 0.6 is 15.9 Å². The summed E-state index contributed by atoms with van der Waals surface area (Å²) in [7, 11) is 0. The number of carbonyl (C=O) groups excluding carboxylic acids is 1. The summed E-state index contributed by atoms with van der Waals surface area (Å²) in [6.45, 7) is -0.0245. The Bertz CT molecular complexity index is 723. The van der Waals surface area contributed by atoms with Crippen LogP contribution in [0.25, 0.3) is 11.3 Å². The summed E-state index contributed by atoms with van der Waals surface area (Å²) >= 11 is 3.25. The highest BCUT2D eigenvalue weighted by Crippen LogP contribution is 2.46. The van der Waals surface area contributed by atoms with Gasteiger partial charge in [-0.1, -0.05) is 5.16 Å². The van der Waals surface area contributed by atoms with Gasteiger partial charge in [0, 0.05) is 10.5 Å². The normalized spacial score (nSPS) is 12.4. The first-order valence-electron chi connectivity index (χ1n) is 5.39. The molecule has 0 unspecified atom stereocenters. The van der Waals surface area contributed by atoms with E-state index in [2.05, 4.69) is 21.1 Å². The molecule has 0 saturated carbocycles. The summed E-state index contributed by atoms with van der Waals surface area (Å²) in [6, 6.07) is 2.87. The molecule has 1 aromatic heterocycles. The van der Waals surface area contributed by atoms with E-state index in [1.165, 1.54) is 6.07 Å². The van der Waals surface area contributed by atoms with Crippen LogP contribution in [0.15, 0.2) is 21.1 Å². The maximum atomic E-state index is 11.1. The number of aromatic nitrogens is 1. The van der Waals surface area contributed by atoms with Gasteiger partial charge in [-0.05, 0) is 22.0 Å². The molecule has 1 aliphatic rings. The van der Waals surface area contributed by atoms with Crippen LogP contribution in [0.5, 0.6) is 11.5 Å². The first kappa shape index (κ1) is 12.7. The Hall–Kier alpha value is -2.35. The minimum atomic E-state index is -1.22. The predicted molar refractivity (Wildman–Crippen MR) is 68.1 cm³/mol. The van der Waals surface area contributed by atoms with Gasteiger partial charge in [0.15, 0.2) is 17.8 Å². The van der Waals surface area contributed by atoms with E-state index in [4.69, 9.17) is 19.1 Å². The quantitative estimate of drug-likeness (QED) is 0.856. The molecule has 8 heteroatoms. The van der Waals surface area contributed by atoms with Crippen LogP contribution in [0.3, 0.4) is 0 Å². The lowest BCUT2D eigenvalue weighted by atomic mass is 10.1. The van der Waals surface area contributed by atoms with Gasteiger partial charge < -0.3 is 19.1 Å². The molecular weight excluding hydrogens is 334 g/mol. The molecule has 0 aliphatic carbocycles. The second kappa shape index (κ2) is 4.64.